The minimum absolute atomic E-state index is 0.0453. The molecule has 0 saturated heterocycles. The number of anilines is 1. The number of ether oxygens (including phenoxy) is 3. The van der Waals surface area contributed by atoms with Gasteiger partial charge in [0.25, 0.3) is 15.9 Å². The maximum absolute atomic E-state index is 13.6. The summed E-state index contributed by atoms with van der Waals surface area (Å²) in [6.07, 6.45) is 1.47. The summed E-state index contributed by atoms with van der Waals surface area (Å²) >= 11 is 0. The molecule has 1 N–H and O–H groups in total. The Bertz CT molecular complexity index is 1640. The first kappa shape index (κ1) is 30.1. The molecule has 4 aromatic rings. The van der Waals surface area contributed by atoms with Crippen molar-refractivity contribution >= 4 is 27.8 Å². The van der Waals surface area contributed by atoms with E-state index in [1.165, 1.54) is 44.2 Å². The molecular weight excluding hydrogens is 554 g/mol. The van der Waals surface area contributed by atoms with Crippen LogP contribution in [0, 0.1) is 13.8 Å². The lowest BCUT2D eigenvalue weighted by Crippen LogP contribution is -2.39. The summed E-state index contributed by atoms with van der Waals surface area (Å²) in [5.41, 5.74) is 6.54. The molecule has 0 aliphatic rings. The van der Waals surface area contributed by atoms with E-state index in [2.05, 4.69) is 10.5 Å². The molecule has 1 amide bonds. The number of aryl methyl sites for hydroxylation is 2. The number of sulfonamides is 1. The van der Waals surface area contributed by atoms with Gasteiger partial charge in [-0.25, -0.2) is 13.8 Å². The van der Waals surface area contributed by atoms with Gasteiger partial charge < -0.3 is 14.2 Å². The largest absolute Gasteiger partial charge is 0.493 e. The molecule has 9 nitrogen and oxygen atoms in total. The second-order valence-electron chi connectivity index (χ2n) is 9.50. The minimum Gasteiger partial charge on any atom is -0.493 e. The minimum atomic E-state index is -4.11. The number of amides is 1. The normalized spacial score (nSPS) is 11.2. The standard InChI is InChI=1S/C32H33N3O6S/c1-23-5-9-26(10-6-23)22-41-28-14-11-25(12-15-28)20-33-34-32(36)21-35(27-13-18-30(39-3)31(19-27)40-4)42(37,38)29-16-7-24(2)8-17-29/h5-20H,21-22H2,1-4H3,(H,34,36)/b33-20+. The van der Waals surface area contributed by atoms with Gasteiger partial charge in [-0.2, -0.15) is 5.10 Å². The Hall–Kier alpha value is -4.83. The third kappa shape index (κ3) is 7.67. The van der Waals surface area contributed by atoms with Crippen molar-refractivity contribution in [3.63, 3.8) is 0 Å². The van der Waals surface area contributed by atoms with E-state index >= 15 is 0 Å². The van der Waals surface area contributed by atoms with E-state index in [0.717, 1.165) is 21.0 Å². The maximum Gasteiger partial charge on any atom is 0.264 e. The highest BCUT2D eigenvalue weighted by Crippen LogP contribution is 2.33. The van der Waals surface area contributed by atoms with Crippen LogP contribution >= 0.6 is 0 Å². The van der Waals surface area contributed by atoms with Gasteiger partial charge in [-0.3, -0.25) is 9.10 Å². The van der Waals surface area contributed by atoms with Crippen LogP contribution in [0.2, 0.25) is 0 Å². The van der Waals surface area contributed by atoms with E-state index in [1.54, 1.807) is 36.4 Å². The molecule has 42 heavy (non-hydrogen) atoms. The van der Waals surface area contributed by atoms with Crippen LogP contribution in [0.3, 0.4) is 0 Å². The topological polar surface area (TPSA) is 107 Å². The summed E-state index contributed by atoms with van der Waals surface area (Å²) in [6.45, 7) is 3.83. The maximum atomic E-state index is 13.6. The molecule has 0 aromatic heterocycles. The van der Waals surface area contributed by atoms with Gasteiger partial charge in [0.05, 0.1) is 31.0 Å². The Labute approximate surface area is 246 Å². The van der Waals surface area contributed by atoms with E-state index in [9.17, 15) is 13.2 Å². The molecule has 0 aliphatic heterocycles. The fourth-order valence-corrected chi connectivity index (χ4v) is 5.39. The van der Waals surface area contributed by atoms with Crippen molar-refractivity contribution in [2.75, 3.05) is 25.1 Å². The molecule has 0 atom stereocenters. The third-order valence-electron chi connectivity index (χ3n) is 6.36. The van der Waals surface area contributed by atoms with Gasteiger partial charge in [0.15, 0.2) is 11.5 Å². The van der Waals surface area contributed by atoms with Crippen LogP contribution in [0.5, 0.6) is 17.2 Å². The van der Waals surface area contributed by atoms with Gasteiger partial charge >= 0.3 is 0 Å². The smallest absolute Gasteiger partial charge is 0.264 e. The molecule has 0 fully saturated rings. The summed E-state index contributed by atoms with van der Waals surface area (Å²) in [6, 6.07) is 26.4. The van der Waals surface area contributed by atoms with Crippen LogP contribution < -0.4 is 23.9 Å². The van der Waals surface area contributed by atoms with Gasteiger partial charge in [0, 0.05) is 6.07 Å². The van der Waals surface area contributed by atoms with Crippen LogP contribution in [0.15, 0.2) is 101 Å². The predicted octanol–water partition coefficient (Wildman–Crippen LogP) is 5.25. The summed E-state index contributed by atoms with van der Waals surface area (Å²) < 4.78 is 44.7. The van der Waals surface area contributed by atoms with Crippen LogP contribution in [0.1, 0.15) is 22.3 Å². The molecule has 0 spiro atoms. The van der Waals surface area contributed by atoms with Gasteiger partial charge in [-0.05, 0) is 73.5 Å². The first-order valence-corrected chi connectivity index (χ1v) is 14.6. The molecule has 0 heterocycles. The SMILES string of the molecule is COc1ccc(N(CC(=O)N/N=C/c2ccc(OCc3ccc(C)cc3)cc2)S(=O)(=O)c2ccc(C)cc2)cc1OC. The average Bonchev–Trinajstić information content (AvgIpc) is 3.00. The fraction of sp³-hybridized carbons (Fsp3) is 0.188. The van der Waals surface area contributed by atoms with Crippen molar-refractivity contribution in [3.8, 4) is 17.2 Å². The molecule has 4 rings (SSSR count). The number of methoxy groups -OCH3 is 2. The van der Waals surface area contributed by atoms with Crippen molar-refractivity contribution < 1.29 is 27.4 Å². The van der Waals surface area contributed by atoms with E-state index in [1.807, 2.05) is 50.2 Å². The molecule has 0 bridgehead atoms. The Kier molecular flexibility index (Phi) is 9.82. The number of carbonyl (C=O) groups excluding carboxylic acids is 1. The number of hydrazone groups is 1. The lowest BCUT2D eigenvalue weighted by molar-refractivity contribution is -0.119. The van der Waals surface area contributed by atoms with Gasteiger partial charge in [-0.15, -0.1) is 0 Å². The first-order chi connectivity index (χ1) is 20.2. The molecule has 0 aliphatic carbocycles. The highest BCUT2D eigenvalue weighted by molar-refractivity contribution is 7.92. The summed E-state index contributed by atoms with van der Waals surface area (Å²) in [4.78, 5) is 13.0. The van der Waals surface area contributed by atoms with Crippen molar-refractivity contribution in [1.82, 2.24) is 5.43 Å². The average molecular weight is 588 g/mol. The van der Waals surface area contributed by atoms with E-state index in [0.29, 0.717) is 23.9 Å². The monoisotopic (exact) mass is 587 g/mol. The second-order valence-corrected chi connectivity index (χ2v) is 11.4. The Morgan fingerprint density at radius 1 is 0.833 bits per heavy atom. The zero-order valence-electron chi connectivity index (χ0n) is 23.9. The lowest BCUT2D eigenvalue weighted by Gasteiger charge is -2.24. The van der Waals surface area contributed by atoms with E-state index < -0.39 is 22.5 Å². The quantitative estimate of drug-likeness (QED) is 0.179. The fourth-order valence-electron chi connectivity index (χ4n) is 3.98. The van der Waals surface area contributed by atoms with Gasteiger partial charge in [0.1, 0.15) is 18.9 Å². The summed E-state index contributed by atoms with van der Waals surface area (Å²) in [7, 11) is -1.18. The number of carbonyl (C=O) groups is 1. The first-order valence-electron chi connectivity index (χ1n) is 13.1. The molecule has 0 saturated carbocycles. The number of hydrogen-bond acceptors (Lipinski definition) is 7. The van der Waals surface area contributed by atoms with Crippen molar-refractivity contribution in [2.24, 2.45) is 5.10 Å². The van der Waals surface area contributed by atoms with E-state index in [4.69, 9.17) is 14.2 Å². The van der Waals surface area contributed by atoms with Crippen molar-refractivity contribution in [3.05, 3.63) is 113 Å². The molecule has 218 valence electrons. The second kappa shape index (κ2) is 13.7. The van der Waals surface area contributed by atoms with Crippen LogP contribution in [0.25, 0.3) is 0 Å². The van der Waals surface area contributed by atoms with Crippen LogP contribution in [-0.2, 0) is 21.4 Å². The molecule has 10 heteroatoms. The molecule has 0 unspecified atom stereocenters. The third-order valence-corrected chi connectivity index (χ3v) is 8.15. The number of nitrogens with one attached hydrogen (secondary N) is 1. The number of rotatable bonds is 12. The van der Waals surface area contributed by atoms with Gasteiger partial charge in [0.2, 0.25) is 0 Å². The van der Waals surface area contributed by atoms with Crippen LogP contribution in [0.4, 0.5) is 5.69 Å². The van der Waals surface area contributed by atoms with Crippen molar-refractivity contribution in [2.45, 2.75) is 25.3 Å². The van der Waals surface area contributed by atoms with Crippen molar-refractivity contribution in [1.29, 1.82) is 0 Å². The van der Waals surface area contributed by atoms with E-state index in [-0.39, 0.29) is 10.6 Å². The molecular formula is C32H33N3O6S. The summed E-state index contributed by atoms with van der Waals surface area (Å²) in [5.74, 6) is 0.816. The molecule has 4 aromatic carbocycles. The Morgan fingerprint density at radius 3 is 2.07 bits per heavy atom. The highest BCUT2D eigenvalue weighted by atomic mass is 32.2. The van der Waals surface area contributed by atoms with Crippen LogP contribution in [-0.4, -0.2) is 41.3 Å². The Morgan fingerprint density at radius 2 is 1.45 bits per heavy atom. The summed E-state index contributed by atoms with van der Waals surface area (Å²) in [5, 5.41) is 4.02. The Balaban J connectivity index is 1.45. The predicted molar refractivity (Wildman–Crippen MR) is 163 cm³/mol. The van der Waals surface area contributed by atoms with Gasteiger partial charge in [-0.1, -0.05) is 47.5 Å². The highest BCUT2D eigenvalue weighted by Gasteiger charge is 2.28. The lowest BCUT2D eigenvalue weighted by atomic mass is 10.2. The number of benzene rings is 4. The zero-order chi connectivity index (χ0) is 30.1. The number of hydrogen-bond donors (Lipinski definition) is 1. The molecule has 0 radical (unpaired) electrons. The number of nitrogens with zero attached hydrogens (tertiary/aromatic N) is 2. The zero-order valence-corrected chi connectivity index (χ0v) is 24.7.